The van der Waals surface area contributed by atoms with Crippen LogP contribution in [0.3, 0.4) is 0 Å². The lowest BCUT2D eigenvalue weighted by Crippen LogP contribution is -2.42. The third-order valence-electron chi connectivity index (χ3n) is 4.17. The lowest BCUT2D eigenvalue weighted by Gasteiger charge is -2.31. The Morgan fingerprint density at radius 1 is 1.44 bits per heavy atom. The van der Waals surface area contributed by atoms with E-state index in [-0.39, 0.29) is 18.0 Å². The van der Waals surface area contributed by atoms with Gasteiger partial charge in [-0.3, -0.25) is 4.79 Å². The Labute approximate surface area is 105 Å². The van der Waals surface area contributed by atoms with E-state index in [1.54, 1.807) is 18.2 Å². The number of carboxylic acids is 1. The number of carboxylic acid groups (broad SMARTS) is 1. The van der Waals surface area contributed by atoms with Crippen molar-refractivity contribution in [3.63, 3.8) is 0 Å². The van der Waals surface area contributed by atoms with Crippen molar-refractivity contribution < 1.29 is 19.7 Å². The number of phenolic OH excluding ortho intramolecular Hbond substituents is 1. The SMILES string of the molecule is O=C(O)C1(Cc2cccc(O)c2)CC2CCC1O2. The first-order valence-corrected chi connectivity index (χ1v) is 6.27. The third kappa shape index (κ3) is 1.68. The van der Waals surface area contributed by atoms with Gasteiger partial charge < -0.3 is 14.9 Å². The Hall–Kier alpha value is -1.55. The molecule has 0 radical (unpaired) electrons. The van der Waals surface area contributed by atoms with Crippen molar-refractivity contribution in [1.82, 2.24) is 0 Å². The molecule has 0 amide bonds. The molecule has 0 spiro atoms. The average Bonchev–Trinajstić information content (AvgIpc) is 2.89. The normalized spacial score (nSPS) is 33.8. The van der Waals surface area contributed by atoms with Crippen molar-refractivity contribution in [3.05, 3.63) is 29.8 Å². The van der Waals surface area contributed by atoms with Crippen LogP contribution in [0.5, 0.6) is 5.75 Å². The van der Waals surface area contributed by atoms with Crippen molar-refractivity contribution in [2.75, 3.05) is 0 Å². The van der Waals surface area contributed by atoms with Gasteiger partial charge in [-0.2, -0.15) is 0 Å². The average molecular weight is 248 g/mol. The number of aromatic hydroxyl groups is 1. The number of hydrogen-bond donors (Lipinski definition) is 2. The zero-order valence-corrected chi connectivity index (χ0v) is 10.0. The second kappa shape index (κ2) is 3.99. The zero-order valence-electron chi connectivity index (χ0n) is 10.0. The molecule has 2 fully saturated rings. The Bertz CT molecular complexity index is 484. The van der Waals surface area contributed by atoms with Crippen LogP contribution in [0, 0.1) is 5.41 Å². The lowest BCUT2D eigenvalue weighted by molar-refractivity contribution is -0.152. The monoisotopic (exact) mass is 248 g/mol. The molecule has 2 heterocycles. The summed E-state index contributed by atoms with van der Waals surface area (Å²) in [4.78, 5) is 11.7. The molecule has 4 nitrogen and oxygen atoms in total. The van der Waals surface area contributed by atoms with Crippen LogP contribution >= 0.6 is 0 Å². The van der Waals surface area contributed by atoms with Crippen LogP contribution in [0.2, 0.25) is 0 Å². The largest absolute Gasteiger partial charge is 0.508 e. The summed E-state index contributed by atoms with van der Waals surface area (Å²) < 4.78 is 5.71. The first-order valence-electron chi connectivity index (χ1n) is 6.27. The van der Waals surface area contributed by atoms with Crippen molar-refractivity contribution >= 4 is 5.97 Å². The zero-order chi connectivity index (χ0) is 12.8. The Kier molecular flexibility index (Phi) is 2.55. The summed E-state index contributed by atoms with van der Waals surface area (Å²) in [6, 6.07) is 6.83. The smallest absolute Gasteiger partial charge is 0.312 e. The van der Waals surface area contributed by atoms with Gasteiger partial charge in [-0.25, -0.2) is 0 Å². The van der Waals surface area contributed by atoms with Crippen molar-refractivity contribution in [3.8, 4) is 5.75 Å². The summed E-state index contributed by atoms with van der Waals surface area (Å²) in [5, 5.41) is 19.0. The van der Waals surface area contributed by atoms with Crippen LogP contribution in [-0.4, -0.2) is 28.4 Å². The number of hydrogen-bond acceptors (Lipinski definition) is 3. The van der Waals surface area contributed by atoms with E-state index in [0.29, 0.717) is 12.8 Å². The predicted molar refractivity (Wildman–Crippen MR) is 64.4 cm³/mol. The van der Waals surface area contributed by atoms with Crippen LogP contribution in [0.4, 0.5) is 0 Å². The van der Waals surface area contributed by atoms with Gasteiger partial charge in [-0.1, -0.05) is 12.1 Å². The van der Waals surface area contributed by atoms with Gasteiger partial charge in [-0.05, 0) is 43.4 Å². The van der Waals surface area contributed by atoms with Crippen LogP contribution in [0.15, 0.2) is 24.3 Å². The topological polar surface area (TPSA) is 66.8 Å². The molecule has 0 aliphatic carbocycles. The van der Waals surface area contributed by atoms with Gasteiger partial charge in [0.25, 0.3) is 0 Å². The minimum absolute atomic E-state index is 0.100. The first-order chi connectivity index (χ1) is 8.60. The molecule has 1 aromatic rings. The molecule has 3 unspecified atom stereocenters. The molecule has 1 aromatic carbocycles. The summed E-state index contributed by atoms with van der Waals surface area (Å²) in [5.74, 6) is -0.602. The maximum atomic E-state index is 11.7. The Morgan fingerprint density at radius 3 is 2.83 bits per heavy atom. The summed E-state index contributed by atoms with van der Waals surface area (Å²) in [6.07, 6.45) is 2.74. The van der Waals surface area contributed by atoms with Gasteiger partial charge in [0, 0.05) is 0 Å². The van der Waals surface area contributed by atoms with Gasteiger partial charge in [0.05, 0.1) is 12.2 Å². The highest BCUT2D eigenvalue weighted by Gasteiger charge is 2.57. The van der Waals surface area contributed by atoms with E-state index in [0.717, 1.165) is 18.4 Å². The summed E-state index contributed by atoms with van der Waals surface area (Å²) >= 11 is 0. The number of aliphatic carboxylic acids is 1. The summed E-state index contributed by atoms with van der Waals surface area (Å²) in [7, 11) is 0. The number of carbonyl (C=O) groups is 1. The molecule has 2 bridgehead atoms. The minimum atomic E-state index is -0.809. The summed E-state index contributed by atoms with van der Waals surface area (Å²) in [6.45, 7) is 0. The summed E-state index contributed by atoms with van der Waals surface area (Å²) in [5.41, 5.74) is 0.0463. The van der Waals surface area contributed by atoms with E-state index < -0.39 is 11.4 Å². The molecule has 2 aliphatic heterocycles. The molecule has 4 heteroatoms. The minimum Gasteiger partial charge on any atom is -0.508 e. The van der Waals surface area contributed by atoms with E-state index in [1.807, 2.05) is 6.07 Å². The van der Waals surface area contributed by atoms with E-state index in [4.69, 9.17) is 4.74 Å². The molecule has 96 valence electrons. The standard InChI is InChI=1S/C14H16O4/c15-10-3-1-2-9(6-10)7-14(13(16)17)8-11-4-5-12(14)18-11/h1-3,6,11-12,15H,4-5,7-8H2,(H,16,17). The van der Waals surface area contributed by atoms with Gasteiger partial charge in [0.2, 0.25) is 0 Å². The molecule has 2 saturated heterocycles. The number of benzene rings is 1. The maximum absolute atomic E-state index is 11.7. The van der Waals surface area contributed by atoms with Gasteiger partial charge >= 0.3 is 5.97 Å². The van der Waals surface area contributed by atoms with Gasteiger partial charge in [0.1, 0.15) is 11.2 Å². The fourth-order valence-electron chi connectivity index (χ4n) is 3.32. The number of ether oxygens (including phenoxy) is 1. The molecule has 0 aromatic heterocycles. The molecule has 2 aliphatic rings. The van der Waals surface area contributed by atoms with Crippen molar-refractivity contribution in [2.45, 2.75) is 37.9 Å². The van der Waals surface area contributed by atoms with Crippen LogP contribution in [0.1, 0.15) is 24.8 Å². The van der Waals surface area contributed by atoms with E-state index >= 15 is 0 Å². The highest BCUT2D eigenvalue weighted by molar-refractivity contribution is 5.76. The number of phenols is 1. The fraction of sp³-hybridized carbons (Fsp3) is 0.500. The molecular weight excluding hydrogens is 232 g/mol. The highest BCUT2D eigenvalue weighted by Crippen LogP contribution is 2.49. The van der Waals surface area contributed by atoms with E-state index in [1.165, 1.54) is 0 Å². The lowest BCUT2D eigenvalue weighted by atomic mass is 9.70. The second-order valence-electron chi connectivity index (χ2n) is 5.34. The fourth-order valence-corrected chi connectivity index (χ4v) is 3.32. The highest BCUT2D eigenvalue weighted by atomic mass is 16.5. The maximum Gasteiger partial charge on any atom is 0.312 e. The molecular formula is C14H16O4. The second-order valence-corrected chi connectivity index (χ2v) is 5.34. The predicted octanol–water partition coefficient (Wildman–Crippen LogP) is 1.96. The molecule has 0 saturated carbocycles. The number of fused-ring (bicyclic) bond motifs is 2. The first kappa shape index (κ1) is 11.5. The Balaban J connectivity index is 1.90. The van der Waals surface area contributed by atoms with E-state index in [2.05, 4.69) is 0 Å². The number of rotatable bonds is 3. The van der Waals surface area contributed by atoms with Gasteiger partial charge in [-0.15, -0.1) is 0 Å². The van der Waals surface area contributed by atoms with Crippen LogP contribution in [-0.2, 0) is 16.0 Å². The Morgan fingerprint density at radius 2 is 2.28 bits per heavy atom. The molecule has 3 rings (SSSR count). The van der Waals surface area contributed by atoms with Crippen molar-refractivity contribution in [2.24, 2.45) is 5.41 Å². The third-order valence-corrected chi connectivity index (χ3v) is 4.17. The van der Waals surface area contributed by atoms with Gasteiger partial charge in [0.15, 0.2) is 0 Å². The van der Waals surface area contributed by atoms with Crippen molar-refractivity contribution in [1.29, 1.82) is 0 Å². The van der Waals surface area contributed by atoms with E-state index in [9.17, 15) is 15.0 Å². The molecule has 18 heavy (non-hydrogen) atoms. The molecule has 3 atom stereocenters. The quantitative estimate of drug-likeness (QED) is 0.858. The van der Waals surface area contributed by atoms with Crippen LogP contribution < -0.4 is 0 Å². The van der Waals surface area contributed by atoms with Crippen LogP contribution in [0.25, 0.3) is 0 Å². The molecule has 2 N–H and O–H groups in total.